The largest absolute Gasteiger partial charge is 0.382 e. The highest BCUT2D eigenvalue weighted by Crippen LogP contribution is 2.31. The van der Waals surface area contributed by atoms with Crippen LogP contribution in [0.3, 0.4) is 0 Å². The maximum absolute atomic E-state index is 12.3. The van der Waals surface area contributed by atoms with Crippen LogP contribution in [0.25, 0.3) is 0 Å². The standard InChI is InChI=1S/C14H15ClN4OS/c15-9-5-1-2-6-10(9)17-13(20)11-12(16)18-14(21-11)19-7-3-4-8-19/h1-2,5-6H,3-4,7-8,16H2,(H,17,20). The van der Waals surface area contributed by atoms with Crippen LogP contribution in [0, 0.1) is 0 Å². The lowest BCUT2D eigenvalue weighted by atomic mass is 10.3. The second-order valence-electron chi connectivity index (χ2n) is 4.84. The van der Waals surface area contributed by atoms with Gasteiger partial charge in [-0.3, -0.25) is 4.79 Å². The number of nitrogens with one attached hydrogen (secondary N) is 1. The normalized spacial score (nSPS) is 14.4. The third-order valence-corrected chi connectivity index (χ3v) is 4.81. The zero-order valence-electron chi connectivity index (χ0n) is 11.3. The van der Waals surface area contributed by atoms with Crippen LogP contribution in [0.2, 0.25) is 5.02 Å². The number of aromatic nitrogens is 1. The molecule has 2 aromatic rings. The van der Waals surface area contributed by atoms with Crippen molar-refractivity contribution >= 4 is 45.5 Å². The van der Waals surface area contributed by atoms with Crippen molar-refractivity contribution in [2.24, 2.45) is 0 Å². The van der Waals surface area contributed by atoms with E-state index < -0.39 is 0 Å². The zero-order valence-corrected chi connectivity index (χ0v) is 12.9. The van der Waals surface area contributed by atoms with Crippen molar-refractivity contribution in [1.29, 1.82) is 0 Å². The molecule has 1 aliphatic rings. The lowest BCUT2D eigenvalue weighted by molar-refractivity contribution is 0.103. The van der Waals surface area contributed by atoms with E-state index in [0.29, 0.717) is 15.6 Å². The molecular formula is C14H15ClN4OS. The molecule has 1 aromatic carbocycles. The number of para-hydroxylation sites is 1. The predicted molar refractivity (Wildman–Crippen MR) is 87.4 cm³/mol. The summed E-state index contributed by atoms with van der Waals surface area (Å²) in [5.74, 6) is -0.00463. The Hall–Kier alpha value is -1.79. The molecule has 2 heterocycles. The Kier molecular flexibility index (Phi) is 3.98. The molecule has 0 atom stereocenters. The van der Waals surface area contributed by atoms with E-state index in [0.717, 1.165) is 31.1 Å². The van der Waals surface area contributed by atoms with Crippen LogP contribution in [-0.4, -0.2) is 24.0 Å². The van der Waals surface area contributed by atoms with Gasteiger partial charge in [0, 0.05) is 13.1 Å². The fraction of sp³-hybridized carbons (Fsp3) is 0.286. The van der Waals surface area contributed by atoms with E-state index in [1.807, 2.05) is 12.1 Å². The molecule has 3 rings (SSSR count). The fourth-order valence-electron chi connectivity index (χ4n) is 2.27. The maximum atomic E-state index is 12.3. The third-order valence-electron chi connectivity index (χ3n) is 3.35. The summed E-state index contributed by atoms with van der Waals surface area (Å²) in [7, 11) is 0. The van der Waals surface area contributed by atoms with Gasteiger partial charge in [-0.1, -0.05) is 35.1 Å². The smallest absolute Gasteiger partial charge is 0.269 e. The quantitative estimate of drug-likeness (QED) is 0.910. The zero-order chi connectivity index (χ0) is 14.8. The van der Waals surface area contributed by atoms with E-state index in [-0.39, 0.29) is 11.7 Å². The predicted octanol–water partition coefficient (Wildman–Crippen LogP) is 3.23. The van der Waals surface area contributed by atoms with Crippen molar-refractivity contribution in [3.63, 3.8) is 0 Å². The molecule has 0 unspecified atom stereocenters. The minimum atomic E-state index is -0.274. The molecule has 3 N–H and O–H groups in total. The topological polar surface area (TPSA) is 71.2 Å². The minimum absolute atomic E-state index is 0.270. The number of hydrogen-bond donors (Lipinski definition) is 2. The lowest BCUT2D eigenvalue weighted by Gasteiger charge is -2.11. The Bertz CT molecular complexity index is 667. The number of nitrogen functional groups attached to an aromatic ring is 1. The summed E-state index contributed by atoms with van der Waals surface area (Å²) in [6, 6.07) is 7.10. The van der Waals surface area contributed by atoms with E-state index >= 15 is 0 Å². The molecule has 1 saturated heterocycles. The van der Waals surface area contributed by atoms with Crippen LogP contribution in [-0.2, 0) is 0 Å². The summed E-state index contributed by atoms with van der Waals surface area (Å²) in [5, 5.41) is 4.08. The monoisotopic (exact) mass is 322 g/mol. The van der Waals surface area contributed by atoms with Gasteiger partial charge in [0.25, 0.3) is 5.91 Å². The number of halogens is 1. The summed E-state index contributed by atoms with van der Waals surface area (Å²) in [6.45, 7) is 1.94. The minimum Gasteiger partial charge on any atom is -0.382 e. The van der Waals surface area contributed by atoms with Crippen molar-refractivity contribution in [3.8, 4) is 0 Å². The molecule has 0 bridgehead atoms. The SMILES string of the molecule is Nc1nc(N2CCCC2)sc1C(=O)Nc1ccccc1Cl. The van der Waals surface area contributed by atoms with Crippen molar-refractivity contribution in [2.75, 3.05) is 29.0 Å². The molecule has 1 aliphatic heterocycles. The van der Waals surface area contributed by atoms with Gasteiger partial charge in [-0.05, 0) is 25.0 Å². The van der Waals surface area contributed by atoms with Gasteiger partial charge in [0.05, 0.1) is 10.7 Å². The van der Waals surface area contributed by atoms with Crippen LogP contribution < -0.4 is 16.0 Å². The number of thiazole rings is 1. The van der Waals surface area contributed by atoms with Gasteiger partial charge in [0.15, 0.2) is 5.13 Å². The third kappa shape index (κ3) is 2.96. The molecule has 110 valence electrons. The number of benzene rings is 1. The van der Waals surface area contributed by atoms with E-state index in [4.69, 9.17) is 17.3 Å². The molecule has 1 aromatic heterocycles. The Morgan fingerprint density at radius 2 is 2.05 bits per heavy atom. The first-order valence-electron chi connectivity index (χ1n) is 6.72. The van der Waals surface area contributed by atoms with Crippen molar-refractivity contribution in [1.82, 2.24) is 4.98 Å². The number of nitrogens with zero attached hydrogens (tertiary/aromatic N) is 2. The number of rotatable bonds is 3. The summed E-state index contributed by atoms with van der Waals surface area (Å²) < 4.78 is 0. The molecule has 1 fully saturated rings. The maximum Gasteiger partial charge on any atom is 0.269 e. The summed E-state index contributed by atoms with van der Waals surface area (Å²) in [5.41, 5.74) is 6.45. The van der Waals surface area contributed by atoms with Gasteiger partial charge in [-0.15, -0.1) is 0 Å². The highest BCUT2D eigenvalue weighted by molar-refractivity contribution is 7.18. The molecule has 0 aliphatic carbocycles. The van der Waals surface area contributed by atoms with E-state index in [2.05, 4.69) is 15.2 Å². The number of hydrogen-bond acceptors (Lipinski definition) is 5. The van der Waals surface area contributed by atoms with Gasteiger partial charge in [0.1, 0.15) is 10.7 Å². The lowest BCUT2D eigenvalue weighted by Crippen LogP contribution is -2.17. The van der Waals surface area contributed by atoms with Gasteiger partial charge in [0.2, 0.25) is 0 Å². The number of carbonyl (C=O) groups excluding carboxylic acids is 1. The molecule has 7 heteroatoms. The molecule has 0 radical (unpaired) electrons. The van der Waals surface area contributed by atoms with Crippen LogP contribution in [0.15, 0.2) is 24.3 Å². The fourth-order valence-corrected chi connectivity index (χ4v) is 3.38. The first-order chi connectivity index (χ1) is 10.1. The molecular weight excluding hydrogens is 308 g/mol. The average Bonchev–Trinajstić information content (AvgIpc) is 3.10. The molecule has 1 amide bonds. The van der Waals surface area contributed by atoms with E-state index in [1.165, 1.54) is 11.3 Å². The first-order valence-corrected chi connectivity index (χ1v) is 7.92. The number of carbonyl (C=O) groups is 1. The highest BCUT2D eigenvalue weighted by atomic mass is 35.5. The van der Waals surface area contributed by atoms with Gasteiger partial charge >= 0.3 is 0 Å². The Balaban J connectivity index is 1.80. The van der Waals surface area contributed by atoms with Crippen molar-refractivity contribution < 1.29 is 4.79 Å². The second-order valence-corrected chi connectivity index (χ2v) is 6.22. The number of amides is 1. The first kappa shape index (κ1) is 14.2. The van der Waals surface area contributed by atoms with Crippen LogP contribution in [0.1, 0.15) is 22.5 Å². The second kappa shape index (κ2) is 5.91. The van der Waals surface area contributed by atoms with Gasteiger partial charge in [-0.25, -0.2) is 4.98 Å². The highest BCUT2D eigenvalue weighted by Gasteiger charge is 2.22. The van der Waals surface area contributed by atoms with Gasteiger partial charge in [-0.2, -0.15) is 0 Å². The molecule has 21 heavy (non-hydrogen) atoms. The van der Waals surface area contributed by atoms with Gasteiger partial charge < -0.3 is 16.0 Å². The number of anilines is 3. The Morgan fingerprint density at radius 1 is 1.33 bits per heavy atom. The average molecular weight is 323 g/mol. The van der Waals surface area contributed by atoms with Crippen LogP contribution in [0.5, 0.6) is 0 Å². The summed E-state index contributed by atoms with van der Waals surface area (Å²) in [4.78, 5) is 19.2. The van der Waals surface area contributed by atoms with E-state index in [9.17, 15) is 4.79 Å². The number of nitrogens with two attached hydrogens (primary N) is 1. The van der Waals surface area contributed by atoms with Crippen molar-refractivity contribution in [2.45, 2.75) is 12.8 Å². The molecule has 0 spiro atoms. The van der Waals surface area contributed by atoms with Crippen molar-refractivity contribution in [3.05, 3.63) is 34.2 Å². The molecule has 0 saturated carbocycles. The van der Waals surface area contributed by atoms with Crippen LogP contribution >= 0.6 is 22.9 Å². The molecule has 5 nitrogen and oxygen atoms in total. The van der Waals surface area contributed by atoms with E-state index in [1.54, 1.807) is 12.1 Å². The Morgan fingerprint density at radius 3 is 2.76 bits per heavy atom. The Labute approximate surface area is 131 Å². The summed E-state index contributed by atoms with van der Waals surface area (Å²) >= 11 is 7.36. The summed E-state index contributed by atoms with van der Waals surface area (Å²) in [6.07, 6.45) is 2.31. The van der Waals surface area contributed by atoms with Crippen LogP contribution in [0.4, 0.5) is 16.6 Å².